The second kappa shape index (κ2) is 8.84. The molecule has 1 rings (SSSR count). The van der Waals surface area contributed by atoms with Crippen molar-refractivity contribution >= 4 is 29.1 Å². The maximum Gasteiger partial charge on any atom is 0.204 e. The first-order chi connectivity index (χ1) is 8.36. The maximum absolute atomic E-state index is 8.42. The zero-order valence-corrected chi connectivity index (χ0v) is 11.3. The molecule has 17 heavy (non-hydrogen) atoms. The van der Waals surface area contributed by atoms with Crippen molar-refractivity contribution in [1.29, 1.82) is 5.26 Å². The minimum Gasteiger partial charge on any atom is -0.356 e. The largest absolute Gasteiger partial charge is 0.356 e. The zero-order chi connectivity index (χ0) is 12.3. The van der Waals surface area contributed by atoms with Crippen LogP contribution in [0.15, 0.2) is 16.6 Å². The van der Waals surface area contributed by atoms with Crippen LogP contribution < -0.4 is 10.6 Å². The average molecular weight is 269 g/mol. The number of aliphatic imine (C=N–C) groups is 1. The van der Waals surface area contributed by atoms with Crippen LogP contribution in [-0.2, 0) is 5.75 Å². The normalized spacial score (nSPS) is 10.9. The van der Waals surface area contributed by atoms with E-state index in [1.165, 1.54) is 5.01 Å². The fourth-order valence-electron chi connectivity index (χ4n) is 1.10. The van der Waals surface area contributed by atoms with Crippen LogP contribution in [0.4, 0.5) is 0 Å². The first kappa shape index (κ1) is 13.8. The molecule has 0 aromatic carbocycles. The van der Waals surface area contributed by atoms with E-state index >= 15 is 0 Å². The second-order valence-corrected chi connectivity index (χ2v) is 5.15. The van der Waals surface area contributed by atoms with Crippen molar-refractivity contribution in [3.05, 3.63) is 16.6 Å². The van der Waals surface area contributed by atoms with E-state index < -0.39 is 0 Å². The number of nitrogens with zero attached hydrogens (tertiary/aromatic N) is 3. The molecule has 0 atom stereocenters. The smallest absolute Gasteiger partial charge is 0.204 e. The summed E-state index contributed by atoms with van der Waals surface area (Å²) in [5.41, 5.74) is 0. The number of hydrogen-bond donors (Lipinski definition) is 2. The van der Waals surface area contributed by atoms with Gasteiger partial charge in [-0.05, 0) is 12.2 Å². The SMILES string of the molecule is CN=C(NC#N)NCCCSCc1nccs1. The van der Waals surface area contributed by atoms with Crippen LogP contribution >= 0.6 is 23.1 Å². The predicted molar refractivity (Wildman–Crippen MR) is 73.0 cm³/mol. The molecule has 0 aliphatic heterocycles. The molecule has 0 radical (unpaired) electrons. The summed E-state index contributed by atoms with van der Waals surface area (Å²) < 4.78 is 0. The molecule has 0 amide bonds. The van der Waals surface area contributed by atoms with Crippen molar-refractivity contribution in [2.45, 2.75) is 12.2 Å². The molecule has 1 aromatic heterocycles. The first-order valence-electron chi connectivity index (χ1n) is 5.18. The Kier molecular flexibility index (Phi) is 7.18. The molecule has 2 N–H and O–H groups in total. The molecule has 92 valence electrons. The molecular weight excluding hydrogens is 254 g/mol. The summed E-state index contributed by atoms with van der Waals surface area (Å²) in [4.78, 5) is 8.11. The topological polar surface area (TPSA) is 73.1 Å². The third kappa shape index (κ3) is 6.14. The van der Waals surface area contributed by atoms with Gasteiger partial charge in [0.2, 0.25) is 5.96 Å². The highest BCUT2D eigenvalue weighted by atomic mass is 32.2. The van der Waals surface area contributed by atoms with Gasteiger partial charge >= 0.3 is 0 Å². The van der Waals surface area contributed by atoms with Crippen molar-refractivity contribution in [3.63, 3.8) is 0 Å². The first-order valence-corrected chi connectivity index (χ1v) is 7.22. The molecule has 7 heteroatoms. The third-order valence-corrected chi connectivity index (χ3v) is 3.88. The summed E-state index contributed by atoms with van der Waals surface area (Å²) in [6.07, 6.45) is 4.70. The molecule has 0 aliphatic rings. The fraction of sp³-hybridized carbons (Fsp3) is 0.500. The van der Waals surface area contributed by atoms with Crippen molar-refractivity contribution < 1.29 is 0 Å². The lowest BCUT2D eigenvalue weighted by Gasteiger charge is -2.06. The third-order valence-electron chi connectivity index (χ3n) is 1.86. The Morgan fingerprint density at radius 1 is 1.71 bits per heavy atom. The van der Waals surface area contributed by atoms with Crippen LogP contribution in [0.2, 0.25) is 0 Å². The van der Waals surface area contributed by atoms with Crippen LogP contribution in [0.5, 0.6) is 0 Å². The highest BCUT2D eigenvalue weighted by molar-refractivity contribution is 7.98. The zero-order valence-electron chi connectivity index (χ0n) is 9.64. The van der Waals surface area contributed by atoms with E-state index in [4.69, 9.17) is 5.26 Å². The van der Waals surface area contributed by atoms with E-state index in [2.05, 4.69) is 20.6 Å². The lowest BCUT2D eigenvalue weighted by Crippen LogP contribution is -2.35. The Morgan fingerprint density at radius 2 is 2.59 bits per heavy atom. The van der Waals surface area contributed by atoms with Crippen molar-refractivity contribution in [2.75, 3.05) is 19.3 Å². The van der Waals surface area contributed by atoms with Crippen LogP contribution in [0, 0.1) is 11.5 Å². The van der Waals surface area contributed by atoms with Gasteiger partial charge in [-0.3, -0.25) is 10.3 Å². The highest BCUT2D eigenvalue weighted by Crippen LogP contribution is 2.14. The standard InChI is InChI=1S/C10H15N5S2/c1-12-10(15-8-11)14-3-2-5-16-7-9-13-4-6-17-9/h4,6H,2-3,5,7H2,1H3,(H2,12,14,15). The van der Waals surface area contributed by atoms with Crippen molar-refractivity contribution in [3.8, 4) is 6.19 Å². The molecule has 0 aliphatic carbocycles. The van der Waals surface area contributed by atoms with E-state index in [0.29, 0.717) is 5.96 Å². The molecule has 0 saturated carbocycles. The van der Waals surface area contributed by atoms with Gasteiger partial charge < -0.3 is 5.32 Å². The van der Waals surface area contributed by atoms with Crippen LogP contribution in [0.1, 0.15) is 11.4 Å². The van der Waals surface area contributed by atoms with E-state index in [9.17, 15) is 0 Å². The number of nitriles is 1. The second-order valence-electron chi connectivity index (χ2n) is 3.07. The van der Waals surface area contributed by atoms with E-state index in [1.54, 1.807) is 18.4 Å². The number of thioether (sulfide) groups is 1. The Labute approximate surface area is 109 Å². The minimum absolute atomic E-state index is 0.525. The lowest BCUT2D eigenvalue weighted by atomic mass is 10.5. The molecule has 0 bridgehead atoms. The lowest BCUT2D eigenvalue weighted by molar-refractivity contribution is 0.827. The molecule has 0 saturated heterocycles. The average Bonchev–Trinajstić information content (AvgIpc) is 2.85. The van der Waals surface area contributed by atoms with Gasteiger partial charge in [-0.15, -0.1) is 11.3 Å². The van der Waals surface area contributed by atoms with Gasteiger partial charge in [-0.1, -0.05) is 0 Å². The predicted octanol–water partition coefficient (Wildman–Crippen LogP) is 1.41. The quantitative estimate of drug-likeness (QED) is 0.269. The van der Waals surface area contributed by atoms with Gasteiger partial charge in [0, 0.05) is 30.9 Å². The summed E-state index contributed by atoms with van der Waals surface area (Å²) in [5.74, 6) is 2.57. The van der Waals surface area contributed by atoms with E-state index in [-0.39, 0.29) is 0 Å². The van der Waals surface area contributed by atoms with Crippen LogP contribution in [0.3, 0.4) is 0 Å². The molecular formula is C10H15N5S2. The van der Waals surface area contributed by atoms with Crippen LogP contribution in [0.25, 0.3) is 0 Å². The molecule has 0 spiro atoms. The number of rotatable bonds is 6. The number of thiazole rings is 1. The summed E-state index contributed by atoms with van der Waals surface area (Å²) in [6.45, 7) is 0.812. The Morgan fingerprint density at radius 3 is 3.24 bits per heavy atom. The van der Waals surface area contributed by atoms with Crippen molar-refractivity contribution in [1.82, 2.24) is 15.6 Å². The maximum atomic E-state index is 8.42. The number of guanidine groups is 1. The summed E-state index contributed by atoms with van der Waals surface area (Å²) in [5, 5.41) is 17.1. The van der Waals surface area contributed by atoms with Crippen LogP contribution in [-0.4, -0.2) is 30.3 Å². The van der Waals surface area contributed by atoms with Crippen molar-refractivity contribution in [2.24, 2.45) is 4.99 Å². The minimum atomic E-state index is 0.525. The molecule has 1 heterocycles. The summed E-state index contributed by atoms with van der Waals surface area (Å²) >= 11 is 3.56. The number of aromatic nitrogens is 1. The van der Waals surface area contributed by atoms with Gasteiger partial charge in [0.05, 0.1) is 0 Å². The highest BCUT2D eigenvalue weighted by Gasteiger charge is 1.97. The van der Waals surface area contributed by atoms with E-state index in [1.807, 2.05) is 29.5 Å². The van der Waals surface area contributed by atoms with Gasteiger partial charge in [0.1, 0.15) is 5.01 Å². The molecule has 0 fully saturated rings. The molecule has 1 aromatic rings. The Hall–Kier alpha value is -1.26. The monoisotopic (exact) mass is 269 g/mol. The van der Waals surface area contributed by atoms with Gasteiger partial charge in [-0.25, -0.2) is 4.98 Å². The number of nitrogens with one attached hydrogen (secondary N) is 2. The van der Waals surface area contributed by atoms with Gasteiger partial charge in [-0.2, -0.15) is 17.0 Å². The fourth-order valence-corrected chi connectivity index (χ4v) is 2.76. The number of hydrogen-bond acceptors (Lipinski definition) is 5. The summed E-state index contributed by atoms with van der Waals surface area (Å²) in [6, 6.07) is 0. The molecule has 5 nitrogen and oxygen atoms in total. The summed E-state index contributed by atoms with van der Waals surface area (Å²) in [7, 11) is 1.64. The Balaban J connectivity index is 1.99. The molecule has 0 unspecified atom stereocenters. The van der Waals surface area contributed by atoms with Gasteiger partial charge in [0.25, 0.3) is 0 Å². The van der Waals surface area contributed by atoms with E-state index in [0.717, 1.165) is 24.5 Å². The Bertz CT molecular complexity index is 369. The van der Waals surface area contributed by atoms with Gasteiger partial charge in [0.15, 0.2) is 6.19 Å².